The van der Waals surface area contributed by atoms with Gasteiger partial charge in [-0.1, -0.05) is 13.3 Å². The van der Waals surface area contributed by atoms with E-state index in [0.29, 0.717) is 29.0 Å². The summed E-state index contributed by atoms with van der Waals surface area (Å²) in [5.41, 5.74) is 0.736. The molecule has 0 fully saturated rings. The van der Waals surface area contributed by atoms with Gasteiger partial charge in [-0.15, -0.1) is 10.2 Å². The highest BCUT2D eigenvalue weighted by atomic mass is 16.5. The van der Waals surface area contributed by atoms with Crippen molar-refractivity contribution in [1.29, 1.82) is 0 Å². The number of aryl methyl sites for hydroxylation is 1. The number of methoxy groups -OCH3 is 3. The lowest BCUT2D eigenvalue weighted by Crippen LogP contribution is -1.95. The van der Waals surface area contributed by atoms with Crippen molar-refractivity contribution in [1.82, 2.24) is 10.2 Å². The van der Waals surface area contributed by atoms with Crippen molar-refractivity contribution < 1.29 is 18.6 Å². The van der Waals surface area contributed by atoms with Crippen molar-refractivity contribution >= 4 is 0 Å². The Morgan fingerprint density at radius 3 is 2.19 bits per heavy atom. The average molecular weight is 292 g/mol. The Hall–Kier alpha value is -2.24. The molecule has 0 N–H and O–H groups in total. The van der Waals surface area contributed by atoms with Crippen molar-refractivity contribution in [2.75, 3.05) is 21.3 Å². The Bertz CT molecular complexity index is 570. The van der Waals surface area contributed by atoms with E-state index in [1.807, 2.05) is 0 Å². The van der Waals surface area contributed by atoms with E-state index in [1.54, 1.807) is 33.5 Å². The van der Waals surface area contributed by atoms with E-state index < -0.39 is 0 Å². The summed E-state index contributed by atoms with van der Waals surface area (Å²) >= 11 is 0. The third-order valence-electron chi connectivity index (χ3n) is 3.12. The summed E-state index contributed by atoms with van der Waals surface area (Å²) in [6, 6.07) is 3.58. The fraction of sp³-hybridized carbons (Fsp3) is 0.467. The molecule has 0 radical (unpaired) electrons. The number of ether oxygens (including phenoxy) is 3. The Balaban J connectivity index is 2.37. The molecule has 21 heavy (non-hydrogen) atoms. The van der Waals surface area contributed by atoms with Crippen LogP contribution in [0.2, 0.25) is 0 Å². The van der Waals surface area contributed by atoms with Crippen molar-refractivity contribution in [3.05, 3.63) is 18.0 Å². The van der Waals surface area contributed by atoms with Crippen LogP contribution in [0.4, 0.5) is 0 Å². The molecule has 0 saturated carbocycles. The van der Waals surface area contributed by atoms with Crippen LogP contribution in [0.1, 0.15) is 25.7 Å². The first kappa shape index (κ1) is 15.2. The number of nitrogens with zero attached hydrogens (tertiary/aromatic N) is 2. The number of unbranched alkanes of at least 4 members (excludes halogenated alkanes) is 1. The molecule has 0 aliphatic heterocycles. The predicted molar refractivity (Wildman–Crippen MR) is 78.0 cm³/mol. The first-order valence-electron chi connectivity index (χ1n) is 6.86. The van der Waals surface area contributed by atoms with Crippen LogP contribution in [0.3, 0.4) is 0 Å². The Labute approximate surface area is 124 Å². The molecule has 0 atom stereocenters. The SMILES string of the molecule is CCCCc1nnc(-c2cc(OC)c(OC)c(OC)c2)o1. The summed E-state index contributed by atoms with van der Waals surface area (Å²) in [7, 11) is 4.71. The lowest BCUT2D eigenvalue weighted by atomic mass is 10.2. The second-order valence-electron chi connectivity index (χ2n) is 4.52. The van der Waals surface area contributed by atoms with Crippen molar-refractivity contribution in [2.45, 2.75) is 26.2 Å². The minimum Gasteiger partial charge on any atom is -0.493 e. The zero-order valence-electron chi connectivity index (χ0n) is 12.8. The molecule has 0 saturated heterocycles. The Morgan fingerprint density at radius 1 is 1.00 bits per heavy atom. The molecule has 0 amide bonds. The normalized spacial score (nSPS) is 10.5. The van der Waals surface area contributed by atoms with Gasteiger partial charge in [0.05, 0.1) is 21.3 Å². The van der Waals surface area contributed by atoms with Gasteiger partial charge >= 0.3 is 0 Å². The maximum atomic E-state index is 5.67. The van der Waals surface area contributed by atoms with Gasteiger partial charge in [-0.05, 0) is 18.6 Å². The van der Waals surface area contributed by atoms with Crippen LogP contribution in [0.25, 0.3) is 11.5 Å². The highest BCUT2D eigenvalue weighted by molar-refractivity contribution is 5.65. The highest BCUT2D eigenvalue weighted by Gasteiger charge is 2.17. The molecule has 0 spiro atoms. The van der Waals surface area contributed by atoms with Crippen molar-refractivity contribution in [3.8, 4) is 28.7 Å². The van der Waals surface area contributed by atoms with Crippen LogP contribution in [-0.2, 0) is 6.42 Å². The van der Waals surface area contributed by atoms with E-state index in [9.17, 15) is 0 Å². The number of hydrogen-bond donors (Lipinski definition) is 0. The fourth-order valence-corrected chi connectivity index (χ4v) is 2.00. The summed E-state index contributed by atoms with van der Waals surface area (Å²) in [6.07, 6.45) is 2.90. The lowest BCUT2D eigenvalue weighted by molar-refractivity contribution is 0.324. The molecule has 2 rings (SSSR count). The van der Waals surface area contributed by atoms with Crippen LogP contribution in [0, 0.1) is 0 Å². The van der Waals surface area contributed by atoms with E-state index in [-0.39, 0.29) is 0 Å². The number of hydrogen-bond acceptors (Lipinski definition) is 6. The molecule has 1 aromatic heterocycles. The van der Waals surface area contributed by atoms with E-state index in [4.69, 9.17) is 18.6 Å². The Morgan fingerprint density at radius 2 is 1.67 bits per heavy atom. The summed E-state index contributed by atoms with van der Waals surface area (Å²) in [5.74, 6) is 2.73. The molecule has 6 nitrogen and oxygen atoms in total. The summed E-state index contributed by atoms with van der Waals surface area (Å²) in [6.45, 7) is 2.12. The van der Waals surface area contributed by atoms with Gasteiger partial charge in [0.2, 0.25) is 17.5 Å². The van der Waals surface area contributed by atoms with E-state index in [2.05, 4.69) is 17.1 Å². The smallest absolute Gasteiger partial charge is 0.248 e. The molecule has 0 aliphatic rings. The minimum atomic E-state index is 0.445. The minimum absolute atomic E-state index is 0.445. The molecule has 6 heteroatoms. The van der Waals surface area contributed by atoms with Crippen LogP contribution in [0.15, 0.2) is 16.5 Å². The van der Waals surface area contributed by atoms with Crippen LogP contribution in [-0.4, -0.2) is 31.5 Å². The number of rotatable bonds is 7. The molecule has 0 unspecified atom stereocenters. The number of benzene rings is 1. The molecule has 0 bridgehead atoms. The van der Waals surface area contributed by atoms with Gasteiger partial charge in [0.1, 0.15) is 0 Å². The first-order valence-corrected chi connectivity index (χ1v) is 6.86. The first-order chi connectivity index (χ1) is 10.2. The van der Waals surface area contributed by atoms with Gasteiger partial charge < -0.3 is 18.6 Å². The fourth-order valence-electron chi connectivity index (χ4n) is 2.00. The highest BCUT2D eigenvalue weighted by Crippen LogP contribution is 2.40. The van der Waals surface area contributed by atoms with Gasteiger partial charge in [0.25, 0.3) is 0 Å². The molecule has 0 aliphatic carbocycles. The van der Waals surface area contributed by atoms with Gasteiger partial charge in [-0.25, -0.2) is 0 Å². The number of aromatic nitrogens is 2. The van der Waals surface area contributed by atoms with Crippen LogP contribution in [0.5, 0.6) is 17.2 Å². The predicted octanol–water partition coefficient (Wildman–Crippen LogP) is 3.11. The second kappa shape index (κ2) is 6.97. The molecule has 114 valence electrons. The van der Waals surface area contributed by atoms with E-state index in [1.165, 1.54) is 0 Å². The average Bonchev–Trinajstić information content (AvgIpc) is 3.00. The summed E-state index contributed by atoms with van der Waals surface area (Å²) in [5, 5.41) is 8.13. The molecule has 1 heterocycles. The molecular formula is C15H20N2O4. The van der Waals surface area contributed by atoms with Gasteiger partial charge in [0.15, 0.2) is 11.5 Å². The second-order valence-corrected chi connectivity index (χ2v) is 4.52. The topological polar surface area (TPSA) is 66.6 Å². The van der Waals surface area contributed by atoms with E-state index >= 15 is 0 Å². The lowest BCUT2D eigenvalue weighted by Gasteiger charge is -2.12. The summed E-state index contributed by atoms with van der Waals surface area (Å²) < 4.78 is 21.6. The molecule has 2 aromatic rings. The van der Waals surface area contributed by atoms with Crippen molar-refractivity contribution in [2.24, 2.45) is 0 Å². The standard InChI is InChI=1S/C15H20N2O4/c1-5-6-7-13-16-17-15(21-13)10-8-11(18-2)14(20-4)12(9-10)19-3/h8-9H,5-7H2,1-4H3. The summed E-state index contributed by atoms with van der Waals surface area (Å²) in [4.78, 5) is 0. The van der Waals surface area contributed by atoms with Gasteiger partial charge in [0, 0.05) is 12.0 Å². The quantitative estimate of drug-likeness (QED) is 0.781. The largest absolute Gasteiger partial charge is 0.493 e. The third-order valence-corrected chi connectivity index (χ3v) is 3.12. The van der Waals surface area contributed by atoms with Crippen LogP contribution < -0.4 is 14.2 Å². The third kappa shape index (κ3) is 3.26. The van der Waals surface area contributed by atoms with Gasteiger partial charge in [-0.3, -0.25) is 0 Å². The monoisotopic (exact) mass is 292 g/mol. The molecule has 1 aromatic carbocycles. The zero-order chi connectivity index (χ0) is 15.2. The van der Waals surface area contributed by atoms with Crippen LogP contribution >= 0.6 is 0 Å². The zero-order valence-corrected chi connectivity index (χ0v) is 12.8. The maximum absolute atomic E-state index is 5.67. The maximum Gasteiger partial charge on any atom is 0.248 e. The van der Waals surface area contributed by atoms with Crippen molar-refractivity contribution in [3.63, 3.8) is 0 Å². The molecular weight excluding hydrogens is 272 g/mol. The van der Waals surface area contributed by atoms with Gasteiger partial charge in [-0.2, -0.15) is 0 Å². The Kier molecular flexibility index (Phi) is 5.03. The van der Waals surface area contributed by atoms with E-state index in [0.717, 1.165) is 24.8 Å².